The van der Waals surface area contributed by atoms with Gasteiger partial charge in [0.15, 0.2) is 0 Å². The van der Waals surface area contributed by atoms with Gasteiger partial charge in [0.1, 0.15) is 24.3 Å². The maximum absolute atomic E-state index is 14.0. The lowest BCUT2D eigenvalue weighted by Crippen LogP contribution is -2.60. The van der Waals surface area contributed by atoms with Gasteiger partial charge >= 0.3 is 0 Å². The van der Waals surface area contributed by atoms with Crippen LogP contribution in [0.2, 0.25) is 0 Å². The number of aromatic nitrogens is 3. The normalized spacial score (nSPS) is 34.8. The van der Waals surface area contributed by atoms with Gasteiger partial charge in [0.25, 0.3) is 0 Å². The monoisotopic (exact) mass is 358 g/mol. The average molecular weight is 358 g/mol. The first-order valence-electron chi connectivity index (χ1n) is 9.10. The molecule has 4 bridgehead atoms. The number of carbonyl (C=O) groups excluding carboxylic acids is 1. The summed E-state index contributed by atoms with van der Waals surface area (Å²) >= 11 is 0. The lowest BCUT2D eigenvalue weighted by molar-refractivity contribution is -0.150. The lowest BCUT2D eigenvalue weighted by Gasteiger charge is -2.60. The molecule has 2 aromatic rings. The number of carbonyl (C=O) groups is 1. The minimum atomic E-state index is -0.615. The molecule has 6 rings (SSSR count). The van der Waals surface area contributed by atoms with Gasteiger partial charge < -0.3 is 5.32 Å². The van der Waals surface area contributed by atoms with E-state index in [1.165, 1.54) is 6.33 Å². The van der Waals surface area contributed by atoms with Gasteiger partial charge in [0.05, 0.1) is 16.6 Å². The minimum absolute atomic E-state index is 0.0828. The van der Waals surface area contributed by atoms with Gasteiger partial charge in [-0.2, -0.15) is 5.10 Å². The smallest absolute Gasteiger partial charge is 0.230 e. The van der Waals surface area contributed by atoms with Gasteiger partial charge in [-0.3, -0.25) is 4.79 Å². The molecule has 0 saturated heterocycles. The maximum atomic E-state index is 14.0. The zero-order chi connectivity index (χ0) is 17.9. The zero-order valence-electron chi connectivity index (χ0n) is 14.3. The van der Waals surface area contributed by atoms with Crippen molar-refractivity contribution in [3.05, 3.63) is 42.5 Å². The van der Waals surface area contributed by atoms with Crippen LogP contribution in [0.5, 0.6) is 0 Å². The fourth-order valence-electron chi connectivity index (χ4n) is 6.05. The summed E-state index contributed by atoms with van der Waals surface area (Å²) in [7, 11) is 0. The molecule has 4 atom stereocenters. The highest BCUT2D eigenvalue weighted by Crippen LogP contribution is 2.64. The van der Waals surface area contributed by atoms with Crippen molar-refractivity contribution in [2.75, 3.05) is 5.32 Å². The average Bonchev–Trinajstić information content (AvgIpc) is 3.12. The van der Waals surface area contributed by atoms with Crippen LogP contribution in [-0.2, 0) is 10.3 Å². The second kappa shape index (κ2) is 5.34. The van der Waals surface area contributed by atoms with Crippen molar-refractivity contribution >= 4 is 11.6 Å². The first-order valence-corrected chi connectivity index (χ1v) is 9.10. The van der Waals surface area contributed by atoms with E-state index in [0.29, 0.717) is 18.3 Å². The SMILES string of the molecule is O=C(Nc1cc(F)ccc1F)C12C[C@H]3C[C@@H](C1)CC(n1cncn1)(C3)C2. The second-order valence-electron chi connectivity index (χ2n) is 8.38. The third-order valence-corrected chi connectivity index (χ3v) is 6.59. The molecule has 1 heterocycles. The molecule has 5 nitrogen and oxygen atoms in total. The molecule has 1 N–H and O–H groups in total. The molecule has 136 valence electrons. The predicted molar refractivity (Wildman–Crippen MR) is 90.1 cm³/mol. The van der Waals surface area contributed by atoms with E-state index in [4.69, 9.17) is 0 Å². The summed E-state index contributed by atoms with van der Waals surface area (Å²) in [6.45, 7) is 0. The van der Waals surface area contributed by atoms with Crippen molar-refractivity contribution in [2.24, 2.45) is 17.3 Å². The maximum Gasteiger partial charge on any atom is 0.230 e. The molecule has 0 aliphatic heterocycles. The molecule has 26 heavy (non-hydrogen) atoms. The Hall–Kier alpha value is -2.31. The number of benzene rings is 1. The van der Waals surface area contributed by atoms with E-state index in [2.05, 4.69) is 15.4 Å². The summed E-state index contributed by atoms with van der Waals surface area (Å²) in [5.41, 5.74) is -0.812. The molecule has 4 saturated carbocycles. The molecule has 2 unspecified atom stereocenters. The van der Waals surface area contributed by atoms with E-state index >= 15 is 0 Å². The molecule has 1 aromatic heterocycles. The number of amides is 1. The summed E-state index contributed by atoms with van der Waals surface area (Å²) in [6, 6.07) is 3.14. The van der Waals surface area contributed by atoms with E-state index < -0.39 is 17.0 Å². The zero-order valence-corrected chi connectivity index (χ0v) is 14.3. The van der Waals surface area contributed by atoms with Crippen molar-refractivity contribution in [3.63, 3.8) is 0 Å². The minimum Gasteiger partial charge on any atom is -0.323 e. The number of hydrogen-bond acceptors (Lipinski definition) is 3. The van der Waals surface area contributed by atoms with Crippen molar-refractivity contribution < 1.29 is 13.6 Å². The van der Waals surface area contributed by atoms with Gasteiger partial charge in [-0.25, -0.2) is 18.4 Å². The molecule has 1 aromatic carbocycles. The third kappa shape index (κ3) is 2.29. The predicted octanol–water partition coefficient (Wildman–Crippen LogP) is 3.49. The Morgan fingerprint density at radius 2 is 1.96 bits per heavy atom. The Labute approximate surface area is 149 Å². The summed E-state index contributed by atoms with van der Waals surface area (Å²) in [5, 5.41) is 7.04. The Bertz CT molecular complexity index is 852. The first kappa shape index (κ1) is 15.9. The van der Waals surface area contributed by atoms with Crippen LogP contribution in [-0.4, -0.2) is 20.7 Å². The van der Waals surface area contributed by atoms with Gasteiger partial charge in [-0.15, -0.1) is 0 Å². The molecular formula is C19H20F2N4O. The topological polar surface area (TPSA) is 59.8 Å². The fraction of sp³-hybridized carbons (Fsp3) is 0.526. The molecule has 4 aliphatic rings. The quantitative estimate of drug-likeness (QED) is 0.914. The van der Waals surface area contributed by atoms with Crippen LogP contribution < -0.4 is 5.32 Å². The highest BCUT2D eigenvalue weighted by molar-refractivity contribution is 5.95. The van der Waals surface area contributed by atoms with E-state index in [9.17, 15) is 13.6 Å². The van der Waals surface area contributed by atoms with Crippen LogP contribution in [0.3, 0.4) is 0 Å². The molecule has 7 heteroatoms. The Balaban J connectivity index is 1.48. The molecule has 0 spiro atoms. The summed E-state index contributed by atoms with van der Waals surface area (Å²) in [5.74, 6) is -0.450. The highest BCUT2D eigenvalue weighted by atomic mass is 19.1. The van der Waals surface area contributed by atoms with Crippen LogP contribution in [0, 0.1) is 28.9 Å². The van der Waals surface area contributed by atoms with Gasteiger partial charge in [-0.05, 0) is 62.5 Å². The van der Waals surface area contributed by atoms with Gasteiger partial charge in [0.2, 0.25) is 5.91 Å². The van der Waals surface area contributed by atoms with Gasteiger partial charge in [0, 0.05) is 6.07 Å². The first-order chi connectivity index (χ1) is 12.5. The van der Waals surface area contributed by atoms with Crippen LogP contribution >= 0.6 is 0 Å². The van der Waals surface area contributed by atoms with Crippen molar-refractivity contribution in [3.8, 4) is 0 Å². The summed E-state index contributed by atoms with van der Waals surface area (Å²) in [4.78, 5) is 17.3. The third-order valence-electron chi connectivity index (χ3n) is 6.59. The second-order valence-corrected chi connectivity index (χ2v) is 8.38. The van der Waals surface area contributed by atoms with Crippen LogP contribution in [0.15, 0.2) is 30.9 Å². The van der Waals surface area contributed by atoms with Crippen LogP contribution in [0.1, 0.15) is 38.5 Å². The Kier molecular flexibility index (Phi) is 3.27. The number of halogens is 2. The number of hydrogen-bond donors (Lipinski definition) is 1. The van der Waals surface area contributed by atoms with Crippen molar-refractivity contribution in [1.29, 1.82) is 0 Å². The van der Waals surface area contributed by atoms with Crippen LogP contribution in [0.4, 0.5) is 14.5 Å². The Morgan fingerprint density at radius 1 is 1.19 bits per heavy atom. The van der Waals surface area contributed by atoms with Crippen molar-refractivity contribution in [1.82, 2.24) is 14.8 Å². The number of rotatable bonds is 3. The molecular weight excluding hydrogens is 338 g/mol. The number of nitrogens with zero attached hydrogens (tertiary/aromatic N) is 3. The summed E-state index contributed by atoms with van der Waals surface area (Å²) in [6.07, 6.45) is 8.73. The largest absolute Gasteiger partial charge is 0.323 e. The number of anilines is 1. The highest BCUT2D eigenvalue weighted by Gasteiger charge is 2.61. The lowest BCUT2D eigenvalue weighted by atomic mass is 9.46. The molecule has 4 aliphatic carbocycles. The standard InChI is InChI=1S/C19H20F2N4O/c20-14-1-2-15(21)16(4-14)24-17(26)18-5-12-3-13(6-18)8-19(7-12,9-18)25-11-22-10-23-25/h1-2,4,10-13H,3,5-9H2,(H,24,26)/t12-,13+,18?,19?. The number of nitrogens with one attached hydrogen (secondary N) is 1. The van der Waals surface area contributed by atoms with Gasteiger partial charge in [-0.1, -0.05) is 0 Å². The van der Waals surface area contributed by atoms with E-state index in [1.54, 1.807) is 6.33 Å². The van der Waals surface area contributed by atoms with Crippen molar-refractivity contribution in [2.45, 2.75) is 44.1 Å². The molecule has 1 amide bonds. The van der Waals surface area contributed by atoms with E-state index in [1.807, 2.05) is 4.68 Å². The molecule has 4 fully saturated rings. The van der Waals surface area contributed by atoms with Crippen LogP contribution in [0.25, 0.3) is 0 Å². The molecule has 0 radical (unpaired) electrons. The van der Waals surface area contributed by atoms with E-state index in [0.717, 1.165) is 50.3 Å². The fourth-order valence-corrected chi connectivity index (χ4v) is 6.05. The Morgan fingerprint density at radius 3 is 2.65 bits per heavy atom. The van der Waals surface area contributed by atoms with E-state index in [-0.39, 0.29) is 17.1 Å². The summed E-state index contributed by atoms with van der Waals surface area (Å²) < 4.78 is 29.4.